The normalized spacial score (nSPS) is 14.4. The van der Waals surface area contributed by atoms with Crippen LogP contribution in [0.1, 0.15) is 30.5 Å². The predicted octanol–water partition coefficient (Wildman–Crippen LogP) is 4.03. The number of ether oxygens (including phenoxy) is 1. The largest absolute Gasteiger partial charge is 0.497 e. The van der Waals surface area contributed by atoms with Gasteiger partial charge in [0.25, 0.3) is 0 Å². The number of benzene rings is 1. The molecule has 1 aliphatic rings. The van der Waals surface area contributed by atoms with E-state index in [9.17, 15) is 0 Å². The van der Waals surface area contributed by atoms with E-state index in [1.807, 2.05) is 0 Å². The van der Waals surface area contributed by atoms with Crippen molar-refractivity contribution in [3.8, 4) is 5.75 Å². The summed E-state index contributed by atoms with van der Waals surface area (Å²) in [6.45, 7) is 2.08. The molecule has 0 unspecified atom stereocenters. The van der Waals surface area contributed by atoms with Crippen LogP contribution < -0.4 is 4.74 Å². The van der Waals surface area contributed by atoms with Crippen LogP contribution >= 0.6 is 0 Å². The Balaban J connectivity index is 1.89. The second-order valence-corrected chi connectivity index (χ2v) is 7.36. The molecule has 4 rings (SSSR count). The number of methoxy groups -OCH3 is 1. The molecule has 2 aromatic heterocycles. The van der Waals surface area contributed by atoms with Gasteiger partial charge in [-0.1, -0.05) is 0 Å². The van der Waals surface area contributed by atoms with Crippen LogP contribution in [0.5, 0.6) is 5.75 Å². The molecular weight excluding hydrogens is 310 g/mol. The van der Waals surface area contributed by atoms with Crippen molar-refractivity contribution in [1.29, 1.82) is 0 Å². The Bertz CT molecular complexity index is 911. The maximum atomic E-state index is 5.47. The van der Waals surface area contributed by atoms with Crippen molar-refractivity contribution in [2.24, 2.45) is 0 Å². The third-order valence-corrected chi connectivity index (χ3v) is 5.31. The summed E-state index contributed by atoms with van der Waals surface area (Å²) in [6, 6.07) is 8.80. The Labute approximate surface area is 149 Å². The first-order valence-corrected chi connectivity index (χ1v) is 9.31. The first-order valence-electron chi connectivity index (χ1n) is 9.31. The van der Waals surface area contributed by atoms with Crippen molar-refractivity contribution in [2.45, 2.75) is 38.6 Å². The minimum absolute atomic E-state index is 0.914. The summed E-state index contributed by atoms with van der Waals surface area (Å²) in [7, 11) is 5.99. The van der Waals surface area contributed by atoms with E-state index in [-0.39, 0.29) is 0 Å². The molecule has 0 atom stereocenters. The Morgan fingerprint density at radius 2 is 1.96 bits per heavy atom. The molecule has 1 aromatic carbocycles. The van der Waals surface area contributed by atoms with Crippen LogP contribution in [0.15, 0.2) is 24.3 Å². The van der Waals surface area contributed by atoms with Gasteiger partial charge in [-0.25, -0.2) is 4.98 Å². The van der Waals surface area contributed by atoms with E-state index in [4.69, 9.17) is 9.72 Å². The molecule has 3 aromatic rings. The van der Waals surface area contributed by atoms with Crippen LogP contribution in [-0.2, 0) is 19.4 Å². The van der Waals surface area contributed by atoms with Crippen molar-refractivity contribution >= 4 is 21.9 Å². The standard InChI is InChI=1S/C21H27N3O/c1-23(2)11-6-12-24-20-10-9-16(25-3)14-17(20)18-13-15-7-4-5-8-19(15)22-21(18)24/h9-10,13-14H,4-8,11-12H2,1-3H3. The van der Waals surface area contributed by atoms with Crippen LogP contribution in [0, 0.1) is 0 Å². The minimum Gasteiger partial charge on any atom is -0.497 e. The van der Waals surface area contributed by atoms with E-state index < -0.39 is 0 Å². The summed E-state index contributed by atoms with van der Waals surface area (Å²) in [5, 5.41) is 2.54. The van der Waals surface area contributed by atoms with Gasteiger partial charge in [-0.3, -0.25) is 0 Å². The number of pyridine rings is 1. The summed E-state index contributed by atoms with van der Waals surface area (Å²) in [4.78, 5) is 7.36. The number of hydrogen-bond acceptors (Lipinski definition) is 3. The number of fused-ring (bicyclic) bond motifs is 4. The van der Waals surface area contributed by atoms with E-state index in [0.29, 0.717) is 0 Å². The lowest BCUT2D eigenvalue weighted by Gasteiger charge is -2.15. The van der Waals surface area contributed by atoms with Gasteiger partial charge < -0.3 is 14.2 Å². The maximum Gasteiger partial charge on any atom is 0.141 e. The SMILES string of the molecule is COc1ccc2c(c1)c1cc3c(nc1n2CCCN(C)C)CCCC3. The van der Waals surface area contributed by atoms with Crippen molar-refractivity contribution in [1.82, 2.24) is 14.5 Å². The first kappa shape index (κ1) is 16.4. The first-order chi connectivity index (χ1) is 12.2. The molecule has 0 spiro atoms. The van der Waals surface area contributed by atoms with Crippen molar-refractivity contribution < 1.29 is 4.74 Å². The molecule has 1 aliphatic carbocycles. The summed E-state index contributed by atoms with van der Waals surface area (Å²) in [5.41, 5.74) is 5.16. The molecule has 4 nitrogen and oxygen atoms in total. The van der Waals surface area contributed by atoms with Crippen molar-refractivity contribution in [2.75, 3.05) is 27.7 Å². The number of hydrogen-bond donors (Lipinski definition) is 0. The van der Waals surface area contributed by atoms with Gasteiger partial charge in [-0.2, -0.15) is 0 Å². The second-order valence-electron chi connectivity index (χ2n) is 7.36. The predicted molar refractivity (Wildman–Crippen MR) is 104 cm³/mol. The Morgan fingerprint density at radius 3 is 2.76 bits per heavy atom. The Hall–Kier alpha value is -2.07. The van der Waals surface area contributed by atoms with Gasteiger partial charge in [-0.05, 0) is 82.6 Å². The Morgan fingerprint density at radius 1 is 1.12 bits per heavy atom. The van der Waals surface area contributed by atoms with Gasteiger partial charge in [0, 0.05) is 23.0 Å². The molecule has 4 heteroatoms. The third-order valence-electron chi connectivity index (χ3n) is 5.31. The highest BCUT2D eigenvalue weighted by atomic mass is 16.5. The quantitative estimate of drug-likeness (QED) is 0.704. The molecule has 0 saturated heterocycles. The fourth-order valence-corrected chi connectivity index (χ4v) is 4.01. The third kappa shape index (κ3) is 2.99. The number of nitrogens with zero attached hydrogens (tertiary/aromatic N) is 3. The van der Waals surface area contributed by atoms with E-state index >= 15 is 0 Å². The zero-order chi connectivity index (χ0) is 17.4. The second kappa shape index (κ2) is 6.68. The van der Waals surface area contributed by atoms with Gasteiger partial charge >= 0.3 is 0 Å². The van der Waals surface area contributed by atoms with Crippen molar-refractivity contribution in [3.05, 3.63) is 35.5 Å². The number of aromatic nitrogens is 2. The van der Waals surface area contributed by atoms with Crippen LogP contribution in [0.2, 0.25) is 0 Å². The minimum atomic E-state index is 0.914. The molecule has 0 amide bonds. The fourth-order valence-electron chi connectivity index (χ4n) is 4.01. The average molecular weight is 337 g/mol. The molecule has 0 saturated carbocycles. The number of rotatable bonds is 5. The van der Waals surface area contributed by atoms with E-state index in [0.717, 1.165) is 43.7 Å². The lowest BCUT2D eigenvalue weighted by atomic mass is 9.95. The maximum absolute atomic E-state index is 5.47. The molecule has 0 radical (unpaired) electrons. The van der Waals surface area contributed by atoms with Crippen molar-refractivity contribution in [3.63, 3.8) is 0 Å². The Kier molecular flexibility index (Phi) is 4.38. The summed E-state index contributed by atoms with van der Waals surface area (Å²) in [6.07, 6.45) is 5.95. The lowest BCUT2D eigenvalue weighted by Crippen LogP contribution is -2.15. The summed E-state index contributed by atoms with van der Waals surface area (Å²) >= 11 is 0. The molecule has 0 bridgehead atoms. The smallest absolute Gasteiger partial charge is 0.141 e. The van der Waals surface area contributed by atoms with E-state index in [2.05, 4.69) is 47.8 Å². The van der Waals surface area contributed by atoms with Gasteiger partial charge in [0.2, 0.25) is 0 Å². The highest BCUT2D eigenvalue weighted by Crippen LogP contribution is 2.34. The molecule has 2 heterocycles. The zero-order valence-electron chi connectivity index (χ0n) is 15.5. The lowest BCUT2D eigenvalue weighted by molar-refractivity contribution is 0.389. The highest BCUT2D eigenvalue weighted by molar-refractivity contribution is 6.07. The van der Waals surface area contributed by atoms with Gasteiger partial charge in [0.05, 0.1) is 12.6 Å². The van der Waals surface area contributed by atoms with Gasteiger partial charge in [-0.15, -0.1) is 0 Å². The molecule has 0 N–H and O–H groups in total. The fraction of sp³-hybridized carbons (Fsp3) is 0.476. The molecular formula is C21H27N3O. The van der Waals surface area contributed by atoms with Crippen LogP contribution in [0.25, 0.3) is 21.9 Å². The van der Waals surface area contributed by atoms with Gasteiger partial charge in [0.15, 0.2) is 0 Å². The molecule has 0 fully saturated rings. The number of aryl methyl sites for hydroxylation is 3. The van der Waals surface area contributed by atoms with Crippen LogP contribution in [0.3, 0.4) is 0 Å². The monoisotopic (exact) mass is 337 g/mol. The van der Waals surface area contributed by atoms with E-state index in [1.165, 1.54) is 40.4 Å². The van der Waals surface area contributed by atoms with Gasteiger partial charge in [0.1, 0.15) is 11.4 Å². The summed E-state index contributed by atoms with van der Waals surface area (Å²) in [5.74, 6) is 0.914. The average Bonchev–Trinajstić information content (AvgIpc) is 2.92. The molecule has 0 aliphatic heterocycles. The topological polar surface area (TPSA) is 30.3 Å². The van der Waals surface area contributed by atoms with Crippen LogP contribution in [0.4, 0.5) is 0 Å². The van der Waals surface area contributed by atoms with Crippen LogP contribution in [-0.4, -0.2) is 42.2 Å². The summed E-state index contributed by atoms with van der Waals surface area (Å²) < 4.78 is 7.87. The molecule has 132 valence electrons. The zero-order valence-corrected chi connectivity index (χ0v) is 15.5. The molecule has 25 heavy (non-hydrogen) atoms. The van der Waals surface area contributed by atoms with E-state index in [1.54, 1.807) is 7.11 Å². The highest BCUT2D eigenvalue weighted by Gasteiger charge is 2.18.